The van der Waals surface area contributed by atoms with Crippen molar-refractivity contribution in [2.75, 3.05) is 68.3 Å². The lowest BCUT2D eigenvalue weighted by Gasteiger charge is -2.27. The van der Waals surface area contributed by atoms with Gasteiger partial charge in [-0.2, -0.15) is 15.0 Å². The molecule has 1 amide bonds. The highest BCUT2D eigenvalue weighted by Gasteiger charge is 2.58. The molecule has 730 valence electrons. The number of aromatic nitrogens is 23. The number of ether oxygens (including phenoxy) is 6. The summed E-state index contributed by atoms with van der Waals surface area (Å²) < 4.78 is 174. The van der Waals surface area contributed by atoms with Gasteiger partial charge in [0.1, 0.15) is 133 Å². The number of phosphoric acid groups is 4. The summed E-state index contributed by atoms with van der Waals surface area (Å²) in [6.45, 7) is -12.2. The summed E-state index contributed by atoms with van der Waals surface area (Å²) >= 11 is 9.43. The highest BCUT2D eigenvalue weighted by atomic mass is 32.7. The van der Waals surface area contributed by atoms with E-state index in [9.17, 15) is 86.9 Å². The molecule has 0 aliphatic carbocycles. The van der Waals surface area contributed by atoms with Gasteiger partial charge in [0.25, 0.3) is 22.6 Å². The molecule has 21 heterocycles. The quantitative estimate of drug-likeness (QED) is 0.0526. The summed E-state index contributed by atoms with van der Waals surface area (Å²) in [5.41, 5.74) is 38.5. The Balaban J connectivity index is 0.000000131. The second-order valence-electron chi connectivity index (χ2n) is 30.9. The summed E-state index contributed by atoms with van der Waals surface area (Å²) in [6.07, 6.45) is -20.1. The molecule has 12 aromatic rings. The molecule has 7 unspecified atom stereocenters. The van der Waals surface area contributed by atoms with E-state index in [-0.39, 0.29) is 104 Å². The molecule has 0 aromatic carbocycles. The minimum absolute atomic E-state index is 0.0117. The molecule has 74 heteroatoms. The number of nitrogens with two attached hydrogens (primary N) is 7. The number of carbonyl (C=O) groups excluding carboxylic acids is 1. The van der Waals surface area contributed by atoms with Crippen LogP contribution in [-0.4, -0.2) is 306 Å². The molecular weight excluding hydrogens is 1990 g/mol. The number of anilines is 5. The number of nitrogens with zero attached hydrogens (tertiary/aromatic N) is 20. The predicted molar refractivity (Wildman–Crippen MR) is 451 cm³/mol. The van der Waals surface area contributed by atoms with Gasteiger partial charge < -0.3 is 123 Å². The van der Waals surface area contributed by atoms with E-state index < -0.39 is 241 Å². The fraction of sp³-hybridized carbons (Fsp3) is 0.484. The van der Waals surface area contributed by atoms with Gasteiger partial charge in [0, 0.05) is 12.6 Å². The van der Waals surface area contributed by atoms with Gasteiger partial charge >= 0.3 is 44.8 Å². The highest BCUT2D eigenvalue weighted by Crippen LogP contribution is 2.61. The molecule has 12 aromatic heterocycles. The van der Waals surface area contributed by atoms with E-state index in [1.54, 1.807) is 12.3 Å². The van der Waals surface area contributed by atoms with Gasteiger partial charge in [-0.25, -0.2) is 77.6 Å². The first-order valence-corrected chi connectivity index (χ1v) is 50.7. The van der Waals surface area contributed by atoms with E-state index in [1.807, 2.05) is 0 Å². The number of aliphatic hydroxyl groups excluding tert-OH is 4. The number of primary amides is 1. The molecule has 21 rings (SSSR count). The fourth-order valence-corrected chi connectivity index (χ4v) is 23.0. The van der Waals surface area contributed by atoms with Crippen LogP contribution in [-0.2, 0) is 117 Å². The van der Waals surface area contributed by atoms with Crippen LogP contribution in [0.25, 0.3) is 66.9 Å². The molecule has 136 heavy (non-hydrogen) atoms. The first kappa shape index (κ1) is 95.2. The number of hydrogen-bond acceptors (Lipinski definition) is 52. The van der Waals surface area contributed by atoms with Crippen molar-refractivity contribution < 1.29 is 155 Å². The molecule has 6 bridgehead atoms. The summed E-state index contributed by atoms with van der Waals surface area (Å²) in [5, 5.41) is 45.1. The van der Waals surface area contributed by atoms with Crippen LogP contribution in [0.2, 0.25) is 0 Å². The van der Waals surface area contributed by atoms with Crippen LogP contribution in [0.15, 0.2) is 77.3 Å². The van der Waals surface area contributed by atoms with Crippen molar-refractivity contribution in [1.29, 1.82) is 0 Å². The maximum absolute atomic E-state index is 13.5. The van der Waals surface area contributed by atoms with Crippen LogP contribution in [0.5, 0.6) is 0 Å². The van der Waals surface area contributed by atoms with Gasteiger partial charge in [-0.05, 0) is 17.9 Å². The molecular formula is C62H74N30O36P6S2. The second kappa shape index (κ2) is 36.2. The molecule has 66 nitrogen and oxygen atoms in total. The van der Waals surface area contributed by atoms with Crippen LogP contribution in [0.1, 0.15) is 54.3 Å². The lowest BCUT2D eigenvalue weighted by molar-refractivity contribution is -0.0672. The standard InChI is InChI=1S/C21H24N10O14P2.C21H25N9O10P2S2.C20H25N11O12P2/c22-15(34)8-9-16(25-3-24-8)30(4-26-9)19-12(33)13-7(43-19)2-41-47(38,39)45-14-11(32)6(1-40-46(36,37)44-13)42-20(14)31-5-27-10-17(31)28-21(23)29-18(10)35;22-15-9-1-2-29(16(9)25-6-24-15)20-13(31)14-11(38-20)5-36-41(33,43)39-10-3-8(4-35-42(34,44)40-14)37-19(10)30-7-26-12-17(30)27-21(23)28-18(12)32;21-8-6-1-38-44(34,35)42-12-7(41-18(11(12)32)30-4-26-9-14(22)24-3-25-15(9)30)2-39-45(36,37)43-13(8)19(40-6)31-5-27-10-16(31)28-20(23)29-17(10)33/h3-7,11-14,19-20,32-33H,1-2H2,(H2,22,34)(H,36,37)(H,38,39)(H3,23,28,29,35);1-2,6-8,10-11,13-14,19-20,31H,3-5H2,(H,33,43)(H,34,44)(H2,22,24,25)(H3,23,27,28,32);3-8,11-13,18-19,32H,1-2,21H2,(H,34,35)(H,36,37)(H2,22,24,25)(H3,23,28,29,33)/t6-,7-,11-,12-,13-,14-,19-,20-;8?,10-,11-,13-,14-,19-,20-,41?,42?;6-,7-,8-,11-,12-,13-,18-,19-/m111/s1. The van der Waals surface area contributed by atoms with Gasteiger partial charge in [-0.1, -0.05) is 12.2 Å². The van der Waals surface area contributed by atoms with E-state index in [2.05, 4.69) is 97.0 Å². The normalized spacial score (nSPS) is 36.9. The van der Waals surface area contributed by atoms with Crippen molar-refractivity contribution in [3.63, 3.8) is 0 Å². The van der Waals surface area contributed by atoms with E-state index in [1.165, 1.54) is 37.3 Å². The first-order valence-electron chi connectivity index (χ1n) is 39.4. The zero-order valence-electron chi connectivity index (χ0n) is 68.1. The molecule has 9 aliphatic heterocycles. The Kier molecular flexibility index (Phi) is 25.3. The zero-order valence-corrected chi connectivity index (χ0v) is 75.2. The number of nitrogen functional groups attached to an aromatic ring is 5. The number of phosphoric ester groups is 4. The topological polar surface area (TPSA) is 941 Å². The van der Waals surface area contributed by atoms with Gasteiger partial charge in [-0.3, -0.25) is 107 Å². The lowest BCUT2D eigenvalue weighted by Crippen LogP contribution is -2.42. The van der Waals surface area contributed by atoms with Crippen molar-refractivity contribution in [2.24, 2.45) is 11.5 Å². The third-order valence-electron chi connectivity index (χ3n) is 22.3. The van der Waals surface area contributed by atoms with Crippen LogP contribution in [0.4, 0.5) is 29.5 Å². The van der Waals surface area contributed by atoms with E-state index >= 15 is 0 Å². The molecule has 0 spiro atoms. The predicted octanol–water partition coefficient (Wildman–Crippen LogP) is -4.85. The van der Waals surface area contributed by atoms with Crippen molar-refractivity contribution in [3.8, 4) is 0 Å². The van der Waals surface area contributed by atoms with Crippen LogP contribution >= 0.6 is 57.1 Å². The van der Waals surface area contributed by atoms with Gasteiger partial charge in [-0.15, -0.1) is 0 Å². The minimum atomic E-state index is -5.16. The van der Waals surface area contributed by atoms with Crippen molar-refractivity contribution in [3.05, 3.63) is 99.6 Å². The average molecular weight is 2070 g/mol. The maximum Gasteiger partial charge on any atom is 0.472 e. The Bertz CT molecular complexity index is 7200. The number of H-pyrrole nitrogens is 3. The second-order valence-corrected chi connectivity index (χ2v) is 42.2. The molecule has 26 N–H and O–H groups in total. The van der Waals surface area contributed by atoms with Gasteiger partial charge in [0.2, 0.25) is 17.8 Å². The Labute approximate surface area is 761 Å². The van der Waals surface area contributed by atoms with Crippen LogP contribution in [0.3, 0.4) is 0 Å². The number of nitrogens with one attached hydrogen (secondary N) is 3. The summed E-state index contributed by atoms with van der Waals surface area (Å²) in [5.74, 6) is -1.35. The largest absolute Gasteiger partial charge is 0.472 e. The van der Waals surface area contributed by atoms with E-state index in [4.69, 9.17) is 135 Å². The average Bonchev–Trinajstić information content (AvgIpc) is 1.62. The fourth-order valence-electron chi connectivity index (χ4n) is 16.2. The van der Waals surface area contributed by atoms with Crippen molar-refractivity contribution in [1.82, 2.24) is 112 Å². The minimum Gasteiger partial charge on any atom is -0.387 e. The molecule has 9 aliphatic rings. The number of aromatic amines is 3. The number of hydrogen-bond donors (Lipinski definition) is 20. The Morgan fingerprint density at radius 3 is 1.31 bits per heavy atom. The summed E-state index contributed by atoms with van der Waals surface area (Å²) in [4.78, 5) is 166. The number of amides is 1. The molecule has 9 fully saturated rings. The molecule has 29 atom stereocenters. The maximum atomic E-state index is 13.5. The third-order valence-corrected chi connectivity index (χ3v) is 29.4. The molecule has 0 radical (unpaired) electrons. The lowest BCUT2D eigenvalue weighted by atomic mass is 10.1. The number of fused-ring (bicyclic) bond motifs is 15. The zero-order chi connectivity index (χ0) is 96.2. The SMILES string of the molecule is NC(=O)c1ncnc2c1ncn2[C@@H]1O[C@@H]2COP(=O)(O)O[C@@H]3[C@H](O)[C@@H](COP(=O)(O)O[C@H]2[C@H]1O)O[C@H]3n1cnc2c(=O)[nH]c(N)nc21.Nc1nc2c(ncn2[C@@H]2OC3COP(O)(=S)O[C@H]4[C@@H](O)[C@H](n5ccc6c(N)ncnc65)O[C@@H]4COP(=O)(S)O[C@@H]2C3)c(=O)[nH]1.Nc1nc2c(ncn2[C@@H]2O[C@@H]3COP(=O)(O)O[C@H]4[C@@H](O)[C@H](n5cnc6c(N)ncnc65)O[C@@H]4COP(=O)(O)O[C@@H]2[C@@H]3N)c(=O)[nH]1. The molecule has 0 saturated carbocycles. The Morgan fingerprint density at radius 2 is 0.794 bits per heavy atom. The van der Waals surface area contributed by atoms with E-state index in [0.717, 1.165) is 40.8 Å². The van der Waals surface area contributed by atoms with Gasteiger partial charge in [0.05, 0.1) is 88.8 Å². The van der Waals surface area contributed by atoms with Gasteiger partial charge in [0.15, 0.2) is 93.7 Å². The Hall–Kier alpha value is -9.73. The molecule has 9 saturated heterocycles. The highest BCUT2D eigenvalue weighted by molar-refractivity contribution is 8.44. The number of rotatable bonds is 7. The van der Waals surface area contributed by atoms with E-state index in [0.29, 0.717) is 11.0 Å². The third kappa shape index (κ3) is 18.4. The number of aliphatic hydroxyl groups is 4. The van der Waals surface area contributed by atoms with Crippen LogP contribution < -0.4 is 56.8 Å². The first-order chi connectivity index (χ1) is 64.4. The Morgan fingerprint density at radius 1 is 0.404 bits per heavy atom. The number of imidazole rings is 5. The smallest absolute Gasteiger partial charge is 0.387 e. The van der Waals surface area contributed by atoms with Crippen molar-refractivity contribution >= 4 is 171 Å². The van der Waals surface area contributed by atoms with Crippen molar-refractivity contribution in [2.45, 2.75) is 147 Å². The summed E-state index contributed by atoms with van der Waals surface area (Å²) in [6, 6.07) is 0.378. The number of thiol groups is 1. The van der Waals surface area contributed by atoms with Crippen LogP contribution in [0, 0.1) is 0 Å². The number of carbonyl (C=O) groups is 1. The summed E-state index contributed by atoms with van der Waals surface area (Å²) in [7, 11) is -20.3. The monoisotopic (exact) mass is 2060 g/mol.